The molecule has 0 bridgehead atoms. The van der Waals surface area contributed by atoms with Crippen LogP contribution in [0, 0.1) is 35.3 Å². The standard InChI is InChI=1S/C25H29F2N3O3/c1-2-21-22(29-25(33-21)30-11-13-4-3-5-14(13)12-30)24(31)28-17-9-19(26)23(20(27)10-17)32-18-7-15-6-16(15)8-18/h9-10,13-16,18H,2-8,11-12H2,1H3,(H,28,31). The number of halogens is 2. The number of ether oxygens (including phenoxy) is 1. The number of hydrogen-bond acceptors (Lipinski definition) is 5. The molecule has 4 unspecified atom stereocenters. The molecule has 1 aliphatic heterocycles. The van der Waals surface area contributed by atoms with Crippen LogP contribution in [0.5, 0.6) is 5.75 Å². The zero-order valence-electron chi connectivity index (χ0n) is 18.8. The largest absolute Gasteiger partial charge is 0.484 e. The quantitative estimate of drug-likeness (QED) is 0.647. The predicted molar refractivity (Wildman–Crippen MR) is 118 cm³/mol. The highest BCUT2D eigenvalue weighted by Crippen LogP contribution is 2.52. The zero-order valence-corrected chi connectivity index (χ0v) is 18.8. The Morgan fingerprint density at radius 2 is 1.79 bits per heavy atom. The van der Waals surface area contributed by atoms with Gasteiger partial charge in [0.25, 0.3) is 11.9 Å². The molecule has 3 aliphatic carbocycles. The first-order valence-electron chi connectivity index (χ1n) is 12.2. The Labute approximate surface area is 191 Å². The Kier molecular flexibility index (Phi) is 5.07. The van der Waals surface area contributed by atoms with Gasteiger partial charge in [-0.1, -0.05) is 13.3 Å². The number of hydrogen-bond donors (Lipinski definition) is 1. The SMILES string of the molecule is CCc1oc(N2CC3CCCC3C2)nc1C(=O)Nc1cc(F)c(OC2CC3CC3C2)c(F)c1. The molecule has 0 radical (unpaired) electrons. The third kappa shape index (κ3) is 3.87. The van der Waals surface area contributed by atoms with Gasteiger partial charge in [0.1, 0.15) is 5.76 Å². The van der Waals surface area contributed by atoms with E-state index in [-0.39, 0.29) is 23.2 Å². The summed E-state index contributed by atoms with van der Waals surface area (Å²) in [6.45, 7) is 3.68. The highest BCUT2D eigenvalue weighted by atomic mass is 19.1. The molecular formula is C25H29F2N3O3. The van der Waals surface area contributed by atoms with Crippen molar-refractivity contribution < 1.29 is 22.7 Å². The van der Waals surface area contributed by atoms with Crippen molar-refractivity contribution in [2.75, 3.05) is 23.3 Å². The second-order valence-corrected chi connectivity index (χ2v) is 10.2. The van der Waals surface area contributed by atoms with Crippen molar-refractivity contribution in [1.82, 2.24) is 4.98 Å². The maximum Gasteiger partial charge on any atom is 0.298 e. The van der Waals surface area contributed by atoms with E-state index >= 15 is 0 Å². The molecule has 1 aromatic heterocycles. The van der Waals surface area contributed by atoms with E-state index in [9.17, 15) is 13.6 Å². The van der Waals surface area contributed by atoms with Gasteiger partial charge < -0.3 is 19.4 Å². The summed E-state index contributed by atoms with van der Waals surface area (Å²) in [6, 6.07) is 2.66. The summed E-state index contributed by atoms with van der Waals surface area (Å²) in [4.78, 5) is 19.5. The molecule has 4 atom stereocenters. The average molecular weight is 458 g/mol. The van der Waals surface area contributed by atoms with E-state index < -0.39 is 17.5 Å². The number of fused-ring (bicyclic) bond motifs is 2. The molecule has 2 aromatic rings. The van der Waals surface area contributed by atoms with Crippen LogP contribution in [0.4, 0.5) is 20.5 Å². The van der Waals surface area contributed by atoms with Gasteiger partial charge in [0, 0.05) is 37.3 Å². The number of benzene rings is 1. The van der Waals surface area contributed by atoms with Crippen molar-refractivity contribution in [3.8, 4) is 5.75 Å². The molecule has 4 aliphatic rings. The second kappa shape index (κ2) is 7.99. The van der Waals surface area contributed by atoms with Gasteiger partial charge in [-0.15, -0.1) is 0 Å². The van der Waals surface area contributed by atoms with Gasteiger partial charge in [0.15, 0.2) is 23.1 Å². The van der Waals surface area contributed by atoms with Gasteiger partial charge in [0.2, 0.25) is 0 Å². The summed E-state index contributed by atoms with van der Waals surface area (Å²) in [5.41, 5.74) is 0.190. The van der Waals surface area contributed by atoms with Gasteiger partial charge in [-0.25, -0.2) is 8.78 Å². The minimum absolute atomic E-state index is 0.0268. The predicted octanol–water partition coefficient (Wildman–Crippen LogP) is 5.18. The Bertz CT molecular complexity index is 1040. The van der Waals surface area contributed by atoms with E-state index in [0.717, 1.165) is 38.1 Å². The van der Waals surface area contributed by atoms with Gasteiger partial charge >= 0.3 is 0 Å². The fourth-order valence-electron chi connectivity index (χ4n) is 6.14. The molecule has 1 N–H and O–H groups in total. The zero-order chi connectivity index (χ0) is 22.7. The molecule has 2 heterocycles. The van der Waals surface area contributed by atoms with Gasteiger partial charge in [-0.3, -0.25) is 4.79 Å². The minimum atomic E-state index is -0.814. The number of anilines is 2. The normalized spacial score (nSPS) is 29.8. The molecule has 3 saturated carbocycles. The summed E-state index contributed by atoms with van der Waals surface area (Å²) in [7, 11) is 0. The van der Waals surface area contributed by atoms with Crippen LogP contribution >= 0.6 is 0 Å². The van der Waals surface area contributed by atoms with Crippen molar-refractivity contribution >= 4 is 17.6 Å². The third-order valence-corrected chi connectivity index (χ3v) is 7.96. The van der Waals surface area contributed by atoms with Gasteiger partial charge in [-0.05, 0) is 55.8 Å². The first kappa shape index (κ1) is 20.9. The van der Waals surface area contributed by atoms with Crippen molar-refractivity contribution in [1.29, 1.82) is 0 Å². The van der Waals surface area contributed by atoms with Crippen LogP contribution in [0.1, 0.15) is 61.7 Å². The van der Waals surface area contributed by atoms with E-state index in [4.69, 9.17) is 9.15 Å². The van der Waals surface area contributed by atoms with Crippen LogP contribution in [0.3, 0.4) is 0 Å². The molecule has 1 amide bonds. The summed E-state index contributed by atoms with van der Waals surface area (Å²) >= 11 is 0. The van der Waals surface area contributed by atoms with Crippen LogP contribution < -0.4 is 15.0 Å². The molecule has 8 heteroatoms. The van der Waals surface area contributed by atoms with Crippen LogP contribution in [0.25, 0.3) is 0 Å². The second-order valence-electron chi connectivity index (χ2n) is 10.2. The lowest BCUT2D eigenvalue weighted by Gasteiger charge is -2.17. The molecule has 6 nitrogen and oxygen atoms in total. The van der Waals surface area contributed by atoms with Crippen molar-refractivity contribution in [2.24, 2.45) is 23.7 Å². The van der Waals surface area contributed by atoms with Crippen LogP contribution in [-0.4, -0.2) is 30.1 Å². The Morgan fingerprint density at radius 3 is 2.42 bits per heavy atom. The average Bonchev–Trinajstić information content (AvgIpc) is 3.25. The third-order valence-electron chi connectivity index (χ3n) is 7.96. The smallest absolute Gasteiger partial charge is 0.298 e. The first-order chi connectivity index (χ1) is 16.0. The summed E-state index contributed by atoms with van der Waals surface area (Å²) in [5.74, 6) is 0.584. The van der Waals surface area contributed by atoms with Gasteiger partial charge in [0.05, 0.1) is 6.10 Å². The number of aromatic nitrogens is 1. The first-order valence-corrected chi connectivity index (χ1v) is 12.2. The van der Waals surface area contributed by atoms with E-state index in [1.54, 1.807) is 0 Å². The minimum Gasteiger partial charge on any atom is -0.484 e. The maximum absolute atomic E-state index is 14.6. The Balaban J connectivity index is 1.16. The lowest BCUT2D eigenvalue weighted by Crippen LogP contribution is -2.21. The molecule has 6 rings (SSSR count). The van der Waals surface area contributed by atoms with E-state index in [0.29, 0.717) is 41.9 Å². The molecule has 1 aromatic carbocycles. The van der Waals surface area contributed by atoms with Crippen molar-refractivity contribution in [3.63, 3.8) is 0 Å². The van der Waals surface area contributed by atoms with E-state index in [2.05, 4.69) is 15.2 Å². The molecular weight excluding hydrogens is 428 g/mol. The highest BCUT2D eigenvalue weighted by Gasteiger charge is 2.47. The number of aryl methyl sites for hydroxylation is 1. The van der Waals surface area contributed by atoms with E-state index in [1.165, 1.54) is 25.7 Å². The summed E-state index contributed by atoms with van der Waals surface area (Å²) in [6.07, 6.45) is 7.02. The number of nitrogens with one attached hydrogen (secondary N) is 1. The Morgan fingerprint density at radius 1 is 1.12 bits per heavy atom. The number of rotatable bonds is 6. The topological polar surface area (TPSA) is 67.6 Å². The van der Waals surface area contributed by atoms with Crippen LogP contribution in [-0.2, 0) is 6.42 Å². The number of carbonyl (C=O) groups excluding carboxylic acids is 1. The number of nitrogens with zero attached hydrogens (tertiary/aromatic N) is 2. The summed E-state index contributed by atoms with van der Waals surface area (Å²) in [5, 5.41) is 2.58. The number of carbonyl (C=O) groups is 1. The Hall–Kier alpha value is -2.64. The van der Waals surface area contributed by atoms with Gasteiger partial charge in [-0.2, -0.15) is 4.98 Å². The number of oxazole rings is 1. The van der Waals surface area contributed by atoms with Crippen molar-refractivity contribution in [3.05, 3.63) is 35.2 Å². The molecule has 4 fully saturated rings. The highest BCUT2D eigenvalue weighted by molar-refractivity contribution is 6.03. The molecule has 1 saturated heterocycles. The fourth-order valence-corrected chi connectivity index (χ4v) is 6.14. The van der Waals surface area contributed by atoms with E-state index in [1.807, 2.05) is 6.92 Å². The van der Waals surface area contributed by atoms with Crippen LogP contribution in [0.15, 0.2) is 16.5 Å². The fraction of sp³-hybridized carbons (Fsp3) is 0.600. The van der Waals surface area contributed by atoms with Crippen molar-refractivity contribution in [2.45, 2.75) is 58.0 Å². The lowest BCUT2D eigenvalue weighted by molar-refractivity contribution is 0.102. The summed E-state index contributed by atoms with van der Waals surface area (Å²) < 4.78 is 40.8. The molecule has 0 spiro atoms. The number of amides is 1. The maximum atomic E-state index is 14.6. The molecule has 33 heavy (non-hydrogen) atoms. The lowest BCUT2D eigenvalue weighted by atomic mass is 10.0. The molecule has 176 valence electrons. The monoisotopic (exact) mass is 457 g/mol. The van der Waals surface area contributed by atoms with Crippen LogP contribution in [0.2, 0.25) is 0 Å².